The van der Waals surface area contributed by atoms with Crippen LogP contribution in [0.1, 0.15) is 12.5 Å². The molecule has 0 amide bonds. The second-order valence-electron chi connectivity index (χ2n) is 6.88. The summed E-state index contributed by atoms with van der Waals surface area (Å²) in [5.41, 5.74) is 2.28. The lowest BCUT2D eigenvalue weighted by molar-refractivity contribution is -0.385. The molecule has 164 valence electrons. The van der Waals surface area contributed by atoms with Crippen LogP contribution in [0.15, 0.2) is 58.0 Å². The van der Waals surface area contributed by atoms with Crippen LogP contribution in [-0.4, -0.2) is 29.2 Å². The standard InChI is InChI=1S/C21H16Cl2N4O4S/c1-12(2)8-24-21-26(18(10-32-21)15-6-14(22)3-4-16(15)23)25-9-13-5-19-20(31-11-30-19)7-17(13)27(28)29/h3-7,9-10H,1,8,11H2,2H3. The molecule has 3 aromatic rings. The number of hydrogen-bond acceptors (Lipinski definition) is 7. The number of halogens is 2. The monoisotopic (exact) mass is 490 g/mol. The van der Waals surface area contributed by atoms with Crippen LogP contribution in [0.5, 0.6) is 11.5 Å². The molecule has 32 heavy (non-hydrogen) atoms. The summed E-state index contributed by atoms with van der Waals surface area (Å²) in [6.45, 7) is 6.16. The lowest BCUT2D eigenvalue weighted by Gasteiger charge is -2.07. The number of nitro benzene ring substituents is 1. The van der Waals surface area contributed by atoms with E-state index in [-0.39, 0.29) is 18.0 Å². The molecule has 0 atom stereocenters. The number of nitro groups is 1. The number of rotatable bonds is 6. The van der Waals surface area contributed by atoms with Gasteiger partial charge in [-0.1, -0.05) is 35.4 Å². The zero-order chi connectivity index (χ0) is 22.8. The Hall–Kier alpha value is -3.14. The predicted molar refractivity (Wildman–Crippen MR) is 125 cm³/mol. The maximum Gasteiger partial charge on any atom is 0.282 e. The predicted octanol–water partition coefficient (Wildman–Crippen LogP) is 5.52. The van der Waals surface area contributed by atoms with E-state index in [1.165, 1.54) is 29.7 Å². The highest BCUT2D eigenvalue weighted by Gasteiger charge is 2.22. The summed E-state index contributed by atoms with van der Waals surface area (Å²) in [6.07, 6.45) is 1.38. The van der Waals surface area contributed by atoms with Gasteiger partial charge >= 0.3 is 0 Å². The molecule has 1 aromatic heterocycles. The number of thiazole rings is 1. The van der Waals surface area contributed by atoms with Gasteiger partial charge in [0.15, 0.2) is 11.5 Å². The van der Waals surface area contributed by atoms with E-state index in [0.717, 1.165) is 5.57 Å². The quantitative estimate of drug-likeness (QED) is 0.197. The molecular weight excluding hydrogens is 475 g/mol. The maximum atomic E-state index is 11.6. The summed E-state index contributed by atoms with van der Waals surface area (Å²) in [7, 11) is 0. The lowest BCUT2D eigenvalue weighted by atomic mass is 10.1. The smallest absolute Gasteiger partial charge is 0.282 e. The fourth-order valence-electron chi connectivity index (χ4n) is 2.93. The van der Waals surface area contributed by atoms with Crippen LogP contribution in [0.25, 0.3) is 11.3 Å². The molecular formula is C21H16Cl2N4O4S. The SMILES string of the molecule is C=C(C)CN=c1scc(-c2cc(Cl)ccc2Cl)n1N=Cc1cc2c(cc1[N+](=O)[O-])OCO2. The minimum atomic E-state index is -0.497. The second-order valence-corrected chi connectivity index (χ2v) is 8.56. The van der Waals surface area contributed by atoms with Crippen LogP contribution in [0.2, 0.25) is 10.0 Å². The third-order valence-corrected chi connectivity index (χ3v) is 5.82. The van der Waals surface area contributed by atoms with E-state index in [1.54, 1.807) is 22.9 Å². The van der Waals surface area contributed by atoms with Gasteiger partial charge in [0.1, 0.15) is 0 Å². The molecule has 2 heterocycles. The Labute approximate surface area is 196 Å². The van der Waals surface area contributed by atoms with Crippen LogP contribution in [-0.2, 0) is 0 Å². The number of hydrogen-bond donors (Lipinski definition) is 0. The second kappa shape index (κ2) is 9.15. The normalized spacial score (nSPS) is 13.2. The fourth-order valence-corrected chi connectivity index (χ4v) is 4.14. The van der Waals surface area contributed by atoms with E-state index in [0.29, 0.717) is 44.1 Å². The van der Waals surface area contributed by atoms with E-state index in [4.69, 9.17) is 32.7 Å². The van der Waals surface area contributed by atoms with Gasteiger partial charge in [0.25, 0.3) is 5.69 Å². The van der Waals surface area contributed by atoms with Crippen LogP contribution < -0.4 is 14.3 Å². The molecule has 11 heteroatoms. The Bertz CT molecular complexity index is 1330. The topological polar surface area (TPSA) is 91.2 Å². The molecule has 0 unspecified atom stereocenters. The van der Waals surface area contributed by atoms with Crippen molar-refractivity contribution in [3.05, 3.63) is 78.4 Å². The zero-order valence-corrected chi connectivity index (χ0v) is 19.1. The van der Waals surface area contributed by atoms with Gasteiger partial charge in [-0.3, -0.25) is 15.1 Å². The molecule has 1 aliphatic heterocycles. The fraction of sp³-hybridized carbons (Fsp3) is 0.143. The van der Waals surface area contributed by atoms with E-state index >= 15 is 0 Å². The molecule has 0 bridgehead atoms. The van der Waals surface area contributed by atoms with Gasteiger partial charge in [-0.05, 0) is 31.2 Å². The van der Waals surface area contributed by atoms with Crippen molar-refractivity contribution in [1.82, 2.24) is 4.68 Å². The maximum absolute atomic E-state index is 11.6. The van der Waals surface area contributed by atoms with Crippen LogP contribution in [0.3, 0.4) is 0 Å². The van der Waals surface area contributed by atoms with Crippen molar-refractivity contribution < 1.29 is 14.4 Å². The summed E-state index contributed by atoms with van der Waals surface area (Å²) in [4.78, 5) is 16.2. The molecule has 0 fully saturated rings. The molecule has 1 aliphatic rings. The Balaban J connectivity index is 1.86. The Morgan fingerprint density at radius 2 is 2.06 bits per heavy atom. The first-order chi connectivity index (χ1) is 15.3. The minimum absolute atomic E-state index is 0.00765. The molecule has 0 radical (unpaired) electrons. The average molecular weight is 491 g/mol. The minimum Gasteiger partial charge on any atom is -0.454 e. The summed E-state index contributed by atoms with van der Waals surface area (Å²) < 4.78 is 12.2. The zero-order valence-electron chi connectivity index (χ0n) is 16.7. The molecule has 0 saturated heterocycles. The Morgan fingerprint density at radius 1 is 1.31 bits per heavy atom. The third kappa shape index (κ3) is 4.55. The molecule has 0 spiro atoms. The van der Waals surface area contributed by atoms with Crippen molar-refractivity contribution in [3.8, 4) is 22.8 Å². The van der Waals surface area contributed by atoms with Crippen LogP contribution in [0.4, 0.5) is 5.69 Å². The van der Waals surface area contributed by atoms with Gasteiger partial charge < -0.3 is 9.47 Å². The van der Waals surface area contributed by atoms with Gasteiger partial charge in [-0.2, -0.15) is 5.10 Å². The largest absolute Gasteiger partial charge is 0.454 e. The van der Waals surface area contributed by atoms with Crippen LogP contribution in [0, 0.1) is 10.1 Å². The van der Waals surface area contributed by atoms with Crippen LogP contribution >= 0.6 is 34.5 Å². The molecule has 0 aliphatic carbocycles. The van der Waals surface area contributed by atoms with Crippen molar-refractivity contribution in [1.29, 1.82) is 0 Å². The van der Waals surface area contributed by atoms with E-state index in [1.807, 2.05) is 12.3 Å². The summed E-state index contributed by atoms with van der Waals surface area (Å²) >= 11 is 13.9. The van der Waals surface area contributed by atoms with Gasteiger partial charge in [0.2, 0.25) is 11.6 Å². The Morgan fingerprint density at radius 3 is 2.78 bits per heavy atom. The van der Waals surface area contributed by atoms with Crippen molar-refractivity contribution >= 4 is 46.4 Å². The Kier molecular flexibility index (Phi) is 6.31. The van der Waals surface area contributed by atoms with Gasteiger partial charge in [-0.25, -0.2) is 4.68 Å². The first-order valence-corrected chi connectivity index (χ1v) is 10.9. The number of aromatic nitrogens is 1. The van der Waals surface area contributed by atoms with Crippen molar-refractivity contribution in [2.24, 2.45) is 10.1 Å². The first kappa shape index (κ1) is 22.1. The van der Waals surface area contributed by atoms with Crippen molar-refractivity contribution in [2.45, 2.75) is 6.92 Å². The van der Waals surface area contributed by atoms with E-state index in [2.05, 4.69) is 16.7 Å². The van der Waals surface area contributed by atoms with Crippen molar-refractivity contribution in [3.63, 3.8) is 0 Å². The summed E-state index contributed by atoms with van der Waals surface area (Å²) in [5.74, 6) is 0.734. The molecule has 8 nitrogen and oxygen atoms in total. The van der Waals surface area contributed by atoms with E-state index < -0.39 is 4.92 Å². The first-order valence-electron chi connectivity index (χ1n) is 9.26. The van der Waals surface area contributed by atoms with Gasteiger partial charge in [0.05, 0.1) is 40.0 Å². The average Bonchev–Trinajstić information content (AvgIpc) is 3.37. The number of fused-ring (bicyclic) bond motifs is 1. The molecule has 2 aromatic carbocycles. The van der Waals surface area contributed by atoms with E-state index in [9.17, 15) is 10.1 Å². The number of ether oxygens (including phenoxy) is 2. The highest BCUT2D eigenvalue weighted by Crippen LogP contribution is 2.37. The number of benzene rings is 2. The summed E-state index contributed by atoms with van der Waals surface area (Å²) in [6, 6.07) is 7.95. The van der Waals surface area contributed by atoms with Crippen molar-refractivity contribution in [2.75, 3.05) is 13.3 Å². The lowest BCUT2D eigenvalue weighted by Crippen LogP contribution is -2.13. The molecule has 0 saturated carbocycles. The van der Waals surface area contributed by atoms with Gasteiger partial charge in [-0.15, -0.1) is 11.3 Å². The third-order valence-electron chi connectivity index (χ3n) is 4.40. The highest BCUT2D eigenvalue weighted by atomic mass is 35.5. The number of nitrogens with zero attached hydrogens (tertiary/aromatic N) is 4. The molecule has 4 rings (SSSR count). The highest BCUT2D eigenvalue weighted by molar-refractivity contribution is 7.07. The molecule has 0 N–H and O–H groups in total. The summed E-state index contributed by atoms with van der Waals surface area (Å²) in [5, 5.41) is 18.9. The van der Waals surface area contributed by atoms with Gasteiger partial charge in [0, 0.05) is 16.0 Å².